The second-order valence-electron chi connectivity index (χ2n) is 9.34. The zero-order valence-corrected chi connectivity index (χ0v) is 15.6. The molecule has 2 rings (SSSR count). The summed E-state index contributed by atoms with van der Waals surface area (Å²) >= 11 is 0. The van der Waals surface area contributed by atoms with Crippen molar-refractivity contribution in [2.75, 3.05) is 0 Å². The summed E-state index contributed by atoms with van der Waals surface area (Å²) in [6.07, 6.45) is 12.1. The van der Waals surface area contributed by atoms with Gasteiger partial charge in [0, 0.05) is 0 Å². The highest BCUT2D eigenvalue weighted by Gasteiger charge is 2.46. The van der Waals surface area contributed by atoms with Gasteiger partial charge in [-0.1, -0.05) is 54.4 Å². The molecule has 0 aliphatic heterocycles. The Morgan fingerprint density at radius 2 is 1.29 bits per heavy atom. The van der Waals surface area contributed by atoms with Crippen LogP contribution in [0.4, 0.5) is 0 Å². The van der Waals surface area contributed by atoms with E-state index in [0.717, 1.165) is 35.5 Å². The fourth-order valence-corrected chi connectivity index (χ4v) is 5.68. The Kier molecular flexibility index (Phi) is 5.83. The monoisotopic (exact) mass is 292 g/mol. The molecule has 0 aromatic heterocycles. The molecule has 124 valence electrons. The molecule has 21 heavy (non-hydrogen) atoms. The maximum atomic E-state index is 2.53. The van der Waals surface area contributed by atoms with Crippen LogP contribution >= 0.6 is 0 Å². The summed E-state index contributed by atoms with van der Waals surface area (Å²) in [5, 5.41) is 0. The van der Waals surface area contributed by atoms with Crippen molar-refractivity contribution in [3.05, 3.63) is 0 Å². The van der Waals surface area contributed by atoms with Crippen LogP contribution in [0.25, 0.3) is 0 Å². The van der Waals surface area contributed by atoms with Crippen molar-refractivity contribution in [2.45, 2.75) is 92.9 Å². The van der Waals surface area contributed by atoms with E-state index in [1.165, 1.54) is 51.4 Å². The maximum absolute atomic E-state index is 2.53. The molecule has 0 nitrogen and oxygen atoms in total. The summed E-state index contributed by atoms with van der Waals surface area (Å²) in [5.74, 6) is 5.68. The van der Waals surface area contributed by atoms with Crippen molar-refractivity contribution >= 4 is 0 Å². The van der Waals surface area contributed by atoms with Crippen molar-refractivity contribution < 1.29 is 0 Å². The Morgan fingerprint density at radius 3 is 1.76 bits per heavy atom. The lowest BCUT2D eigenvalue weighted by Gasteiger charge is -2.52. The second-order valence-corrected chi connectivity index (χ2v) is 9.34. The van der Waals surface area contributed by atoms with Crippen molar-refractivity contribution in [3.63, 3.8) is 0 Å². The van der Waals surface area contributed by atoms with Crippen molar-refractivity contribution in [2.24, 2.45) is 40.9 Å². The Labute approximate surface area is 134 Å². The summed E-state index contributed by atoms with van der Waals surface area (Å²) in [4.78, 5) is 0. The molecule has 0 radical (unpaired) electrons. The number of rotatable bonds is 4. The Balaban J connectivity index is 2.08. The van der Waals surface area contributed by atoms with Gasteiger partial charge in [-0.25, -0.2) is 0 Å². The Hall–Kier alpha value is 0. The molecule has 2 fully saturated rings. The largest absolute Gasteiger partial charge is 0.0625 e. The molecular formula is C21H40. The lowest BCUT2D eigenvalue weighted by molar-refractivity contribution is -0.0220. The predicted molar refractivity (Wildman–Crippen MR) is 94.4 cm³/mol. The minimum atomic E-state index is 0.676. The van der Waals surface area contributed by atoms with E-state index in [0.29, 0.717) is 5.41 Å². The maximum Gasteiger partial charge on any atom is -0.0243 e. The van der Waals surface area contributed by atoms with E-state index in [-0.39, 0.29) is 0 Å². The Morgan fingerprint density at radius 1 is 0.714 bits per heavy atom. The normalized spacial score (nSPS) is 38.4. The van der Waals surface area contributed by atoms with E-state index >= 15 is 0 Å². The topological polar surface area (TPSA) is 0 Å². The quantitative estimate of drug-likeness (QED) is 0.526. The van der Waals surface area contributed by atoms with E-state index in [1.807, 2.05) is 0 Å². The van der Waals surface area contributed by atoms with Gasteiger partial charge in [0.25, 0.3) is 0 Å². The zero-order chi connectivity index (χ0) is 15.6. The van der Waals surface area contributed by atoms with Crippen LogP contribution < -0.4 is 0 Å². The van der Waals surface area contributed by atoms with E-state index in [2.05, 4.69) is 41.5 Å². The first kappa shape index (κ1) is 17.4. The molecule has 0 bridgehead atoms. The zero-order valence-electron chi connectivity index (χ0n) is 15.6. The van der Waals surface area contributed by atoms with E-state index < -0.39 is 0 Å². The molecule has 2 atom stereocenters. The fourth-order valence-electron chi connectivity index (χ4n) is 5.68. The van der Waals surface area contributed by atoms with E-state index in [9.17, 15) is 0 Å². The standard InChI is InChI=1S/C21H40/c1-15(2)18-9-11-20(12-10-18)21(17(5)6)13-7-8-19(14-21)16(3)4/h15-20H,7-14H2,1-6H3. The molecule has 2 unspecified atom stereocenters. The first-order chi connectivity index (χ1) is 9.86. The van der Waals surface area contributed by atoms with Crippen molar-refractivity contribution in [1.82, 2.24) is 0 Å². The number of hydrogen-bond donors (Lipinski definition) is 0. The molecule has 0 amide bonds. The predicted octanol–water partition coefficient (Wildman–Crippen LogP) is 6.94. The molecule has 0 spiro atoms. The minimum Gasteiger partial charge on any atom is -0.0625 e. The molecule has 0 N–H and O–H groups in total. The van der Waals surface area contributed by atoms with Crippen LogP contribution in [0.5, 0.6) is 0 Å². The average molecular weight is 293 g/mol. The molecule has 0 aromatic carbocycles. The fraction of sp³-hybridized carbons (Fsp3) is 1.00. The van der Waals surface area contributed by atoms with Crippen LogP contribution in [-0.4, -0.2) is 0 Å². The molecule has 0 heteroatoms. The first-order valence-electron chi connectivity index (χ1n) is 9.86. The van der Waals surface area contributed by atoms with Gasteiger partial charge in [-0.3, -0.25) is 0 Å². The SMILES string of the molecule is CC(C)C1CCC(C2(C(C)C)CCCC(C(C)C)C2)CC1. The highest BCUT2D eigenvalue weighted by molar-refractivity contribution is 4.96. The third kappa shape index (κ3) is 3.67. The van der Waals surface area contributed by atoms with Gasteiger partial charge in [0.2, 0.25) is 0 Å². The molecule has 0 heterocycles. The lowest BCUT2D eigenvalue weighted by Crippen LogP contribution is -2.43. The van der Waals surface area contributed by atoms with E-state index in [1.54, 1.807) is 0 Å². The van der Waals surface area contributed by atoms with Gasteiger partial charge in [-0.05, 0) is 79.4 Å². The van der Waals surface area contributed by atoms with Crippen LogP contribution in [0.3, 0.4) is 0 Å². The average Bonchev–Trinajstić information content (AvgIpc) is 2.47. The van der Waals surface area contributed by atoms with Gasteiger partial charge in [-0.2, -0.15) is 0 Å². The summed E-state index contributed by atoms with van der Waals surface area (Å²) in [6, 6.07) is 0. The highest BCUT2D eigenvalue weighted by atomic mass is 14.5. The van der Waals surface area contributed by atoms with Crippen LogP contribution in [-0.2, 0) is 0 Å². The van der Waals surface area contributed by atoms with Gasteiger partial charge in [0.15, 0.2) is 0 Å². The smallest absolute Gasteiger partial charge is 0.0243 e. The summed E-state index contributed by atoms with van der Waals surface area (Å²) in [6.45, 7) is 14.8. The molecule has 2 aliphatic rings. The van der Waals surface area contributed by atoms with Gasteiger partial charge in [0.1, 0.15) is 0 Å². The van der Waals surface area contributed by atoms with Gasteiger partial charge in [0.05, 0.1) is 0 Å². The highest BCUT2D eigenvalue weighted by Crippen LogP contribution is 2.56. The molecular weight excluding hydrogens is 252 g/mol. The van der Waals surface area contributed by atoms with Gasteiger partial charge < -0.3 is 0 Å². The molecule has 2 aliphatic carbocycles. The van der Waals surface area contributed by atoms with Crippen molar-refractivity contribution in [1.29, 1.82) is 0 Å². The van der Waals surface area contributed by atoms with Crippen LogP contribution in [0.1, 0.15) is 92.9 Å². The second kappa shape index (κ2) is 7.05. The van der Waals surface area contributed by atoms with E-state index in [4.69, 9.17) is 0 Å². The molecule has 2 saturated carbocycles. The third-order valence-electron chi connectivity index (χ3n) is 7.48. The van der Waals surface area contributed by atoms with Gasteiger partial charge in [-0.15, -0.1) is 0 Å². The number of hydrogen-bond acceptors (Lipinski definition) is 0. The first-order valence-corrected chi connectivity index (χ1v) is 9.86. The lowest BCUT2D eigenvalue weighted by atomic mass is 9.53. The van der Waals surface area contributed by atoms with Crippen LogP contribution in [0.15, 0.2) is 0 Å². The van der Waals surface area contributed by atoms with Gasteiger partial charge >= 0.3 is 0 Å². The minimum absolute atomic E-state index is 0.676. The summed E-state index contributed by atoms with van der Waals surface area (Å²) in [5.41, 5.74) is 0.676. The third-order valence-corrected chi connectivity index (χ3v) is 7.48. The van der Waals surface area contributed by atoms with Crippen molar-refractivity contribution in [3.8, 4) is 0 Å². The van der Waals surface area contributed by atoms with Crippen LogP contribution in [0.2, 0.25) is 0 Å². The Bertz CT molecular complexity index is 306. The summed E-state index contributed by atoms with van der Waals surface area (Å²) in [7, 11) is 0. The molecule has 0 saturated heterocycles. The molecule has 0 aromatic rings. The van der Waals surface area contributed by atoms with Crippen LogP contribution in [0, 0.1) is 40.9 Å². The summed E-state index contributed by atoms with van der Waals surface area (Å²) < 4.78 is 0.